The van der Waals surface area contributed by atoms with Gasteiger partial charge in [0.15, 0.2) is 17.5 Å². The van der Waals surface area contributed by atoms with E-state index >= 15 is 0 Å². The molecule has 0 aliphatic rings. The van der Waals surface area contributed by atoms with Gasteiger partial charge in [0, 0.05) is 10.6 Å². The van der Waals surface area contributed by atoms with Gasteiger partial charge in [0.05, 0.1) is 22.7 Å². The Bertz CT molecular complexity index is 1550. The van der Waals surface area contributed by atoms with E-state index < -0.39 is 23.9 Å². The normalized spacial score (nSPS) is 11.1. The molecule has 2 heterocycles. The van der Waals surface area contributed by atoms with Gasteiger partial charge in [-0.25, -0.2) is 9.78 Å². The lowest BCUT2D eigenvalue weighted by atomic mass is 10.1. The molecule has 192 valence electrons. The first-order valence-electron chi connectivity index (χ1n) is 11.2. The number of hydrogen-bond donors (Lipinski definition) is 1. The smallest absolute Gasteiger partial charge is 0.350 e. The van der Waals surface area contributed by atoms with Crippen LogP contribution in [0.4, 0.5) is 5.13 Å². The van der Waals surface area contributed by atoms with Gasteiger partial charge in [-0.3, -0.25) is 14.9 Å². The predicted molar refractivity (Wildman–Crippen MR) is 144 cm³/mol. The molecule has 0 aliphatic heterocycles. The van der Waals surface area contributed by atoms with Crippen LogP contribution in [0.5, 0.6) is 5.75 Å². The summed E-state index contributed by atoms with van der Waals surface area (Å²) < 4.78 is 16.9. The van der Waals surface area contributed by atoms with Crippen LogP contribution < -0.4 is 15.5 Å². The van der Waals surface area contributed by atoms with Crippen molar-refractivity contribution in [1.82, 2.24) is 4.98 Å². The maximum Gasteiger partial charge on any atom is 0.350 e. The van der Waals surface area contributed by atoms with Gasteiger partial charge in [-0.05, 0) is 43.2 Å². The van der Waals surface area contributed by atoms with Crippen LogP contribution in [-0.2, 0) is 9.53 Å². The van der Waals surface area contributed by atoms with E-state index in [2.05, 4.69) is 10.3 Å². The number of anilines is 1. The first-order chi connectivity index (χ1) is 17.6. The number of ether oxygens (including phenoxy) is 2. The maximum atomic E-state index is 13.3. The van der Waals surface area contributed by atoms with E-state index in [0.717, 1.165) is 11.3 Å². The van der Waals surface area contributed by atoms with Gasteiger partial charge in [0.1, 0.15) is 10.5 Å². The van der Waals surface area contributed by atoms with Gasteiger partial charge in [0.2, 0.25) is 11.2 Å². The molecule has 2 aromatic heterocycles. The summed E-state index contributed by atoms with van der Waals surface area (Å²) in [6.45, 7) is 5.26. The number of nitrogens with zero attached hydrogens (tertiary/aromatic N) is 1. The summed E-state index contributed by atoms with van der Waals surface area (Å²) in [6, 6.07) is 11.4. The van der Waals surface area contributed by atoms with E-state index in [1.54, 1.807) is 43.3 Å². The van der Waals surface area contributed by atoms with Gasteiger partial charge in [-0.2, -0.15) is 0 Å². The van der Waals surface area contributed by atoms with Crippen LogP contribution >= 0.6 is 34.5 Å². The average molecular weight is 561 g/mol. The zero-order chi connectivity index (χ0) is 26.7. The minimum Gasteiger partial charge on any atom is -0.476 e. The summed E-state index contributed by atoms with van der Waals surface area (Å²) in [7, 11) is 0. The lowest BCUT2D eigenvalue weighted by molar-refractivity contribution is -0.118. The molecule has 4 rings (SSSR count). The van der Waals surface area contributed by atoms with Crippen molar-refractivity contribution >= 4 is 62.5 Å². The first-order valence-corrected chi connectivity index (χ1v) is 12.8. The minimum atomic E-state index is -0.591. The number of aryl methyl sites for hydroxylation is 1. The van der Waals surface area contributed by atoms with E-state index in [1.165, 1.54) is 6.07 Å². The summed E-state index contributed by atoms with van der Waals surface area (Å²) in [5.74, 6) is -1.01. The molecule has 0 unspecified atom stereocenters. The Hall–Kier alpha value is -3.40. The second-order valence-corrected chi connectivity index (χ2v) is 10.3. The Morgan fingerprint density at radius 2 is 1.92 bits per heavy atom. The van der Waals surface area contributed by atoms with E-state index in [4.69, 9.17) is 37.1 Å². The Morgan fingerprint density at radius 1 is 1.16 bits per heavy atom. The SMILES string of the molecule is Cc1nc(NC(=O)COc2c(-c3ccccc3Cl)oc3ccc(Cl)cc3c2=O)sc1C(=O)OCC(C)C. The highest BCUT2D eigenvalue weighted by Crippen LogP contribution is 2.35. The van der Waals surface area contributed by atoms with Crippen LogP contribution in [-0.4, -0.2) is 30.1 Å². The lowest BCUT2D eigenvalue weighted by Gasteiger charge is -2.12. The summed E-state index contributed by atoms with van der Waals surface area (Å²) in [5, 5.41) is 3.66. The highest BCUT2D eigenvalue weighted by molar-refractivity contribution is 7.17. The minimum absolute atomic E-state index is 0.0819. The fourth-order valence-electron chi connectivity index (χ4n) is 3.34. The highest BCUT2D eigenvalue weighted by Gasteiger charge is 2.22. The number of hydrogen-bond acceptors (Lipinski definition) is 8. The number of esters is 1. The Morgan fingerprint density at radius 3 is 2.65 bits per heavy atom. The van der Waals surface area contributed by atoms with E-state index in [9.17, 15) is 14.4 Å². The van der Waals surface area contributed by atoms with Crippen LogP contribution in [0, 0.1) is 12.8 Å². The number of carbonyl (C=O) groups excluding carboxylic acids is 2. The van der Waals surface area contributed by atoms with Gasteiger partial charge in [-0.1, -0.05) is 60.5 Å². The Kier molecular flexibility index (Phi) is 8.16. The molecule has 37 heavy (non-hydrogen) atoms. The Labute approximate surface area is 226 Å². The molecule has 8 nitrogen and oxygen atoms in total. The van der Waals surface area contributed by atoms with Crippen LogP contribution in [0.2, 0.25) is 10.0 Å². The molecular formula is C26H22Cl2N2O6S. The Balaban J connectivity index is 1.58. The first kappa shape index (κ1) is 26.7. The number of nitrogens with one attached hydrogen (secondary N) is 1. The summed E-state index contributed by atoms with van der Waals surface area (Å²) in [5.41, 5.74) is 0.639. The summed E-state index contributed by atoms with van der Waals surface area (Å²) in [4.78, 5) is 42.8. The second kappa shape index (κ2) is 11.3. The monoisotopic (exact) mass is 560 g/mol. The van der Waals surface area contributed by atoms with Crippen molar-refractivity contribution in [2.24, 2.45) is 5.92 Å². The van der Waals surface area contributed by atoms with Crippen molar-refractivity contribution < 1.29 is 23.5 Å². The van der Waals surface area contributed by atoms with Crippen molar-refractivity contribution in [2.45, 2.75) is 20.8 Å². The van der Waals surface area contributed by atoms with Gasteiger partial charge < -0.3 is 13.9 Å². The van der Waals surface area contributed by atoms with E-state index in [-0.39, 0.29) is 40.1 Å². The number of rotatable bonds is 8. The van der Waals surface area contributed by atoms with Gasteiger partial charge in [0.25, 0.3) is 5.91 Å². The van der Waals surface area contributed by atoms with E-state index in [0.29, 0.717) is 26.2 Å². The molecule has 0 saturated carbocycles. The second-order valence-electron chi connectivity index (χ2n) is 8.47. The third-order valence-corrected chi connectivity index (χ3v) is 6.67. The molecule has 4 aromatic rings. The third-order valence-electron chi connectivity index (χ3n) is 5.05. The number of benzene rings is 2. The summed E-state index contributed by atoms with van der Waals surface area (Å²) in [6.07, 6.45) is 0. The number of amides is 1. The molecule has 1 N–H and O–H groups in total. The molecule has 0 atom stereocenters. The van der Waals surface area contributed by atoms with Gasteiger partial charge in [-0.15, -0.1) is 0 Å². The number of aromatic nitrogens is 1. The number of fused-ring (bicyclic) bond motifs is 1. The van der Waals surface area contributed by atoms with Crippen molar-refractivity contribution in [2.75, 3.05) is 18.5 Å². The average Bonchev–Trinajstić information content (AvgIpc) is 3.22. The fraction of sp³-hybridized carbons (Fsp3) is 0.231. The molecule has 0 aliphatic carbocycles. The molecule has 2 aromatic carbocycles. The highest BCUT2D eigenvalue weighted by atomic mass is 35.5. The predicted octanol–water partition coefficient (Wildman–Crippen LogP) is 6.36. The fourth-order valence-corrected chi connectivity index (χ4v) is 4.61. The molecule has 0 bridgehead atoms. The zero-order valence-electron chi connectivity index (χ0n) is 20.1. The molecule has 11 heteroatoms. The number of halogens is 2. The van der Waals surface area contributed by atoms with Crippen molar-refractivity contribution in [3.63, 3.8) is 0 Å². The largest absolute Gasteiger partial charge is 0.476 e. The maximum absolute atomic E-state index is 13.3. The number of thiazole rings is 1. The molecule has 0 spiro atoms. The van der Waals surface area contributed by atoms with Crippen LogP contribution in [0.1, 0.15) is 29.2 Å². The van der Waals surface area contributed by atoms with Crippen LogP contribution in [0.3, 0.4) is 0 Å². The topological polar surface area (TPSA) is 108 Å². The van der Waals surface area contributed by atoms with Gasteiger partial charge >= 0.3 is 5.97 Å². The number of carbonyl (C=O) groups is 2. The van der Waals surface area contributed by atoms with Crippen molar-refractivity contribution in [1.29, 1.82) is 0 Å². The molecular weight excluding hydrogens is 539 g/mol. The van der Waals surface area contributed by atoms with Crippen molar-refractivity contribution in [3.8, 4) is 17.1 Å². The molecule has 0 radical (unpaired) electrons. The lowest BCUT2D eigenvalue weighted by Crippen LogP contribution is -2.22. The van der Waals surface area contributed by atoms with Crippen LogP contribution in [0.15, 0.2) is 51.7 Å². The molecule has 0 fully saturated rings. The quantitative estimate of drug-likeness (QED) is 0.249. The van der Waals surface area contributed by atoms with E-state index in [1.807, 2.05) is 13.8 Å². The summed E-state index contributed by atoms with van der Waals surface area (Å²) >= 11 is 13.4. The zero-order valence-corrected chi connectivity index (χ0v) is 22.4. The third kappa shape index (κ3) is 6.12. The standard InChI is InChI=1S/C26H22Cl2N2O6S/c1-13(2)11-35-25(33)24-14(3)29-26(37-24)30-20(31)12-34-23-21(32)17-10-15(27)8-9-19(17)36-22(23)16-6-4-5-7-18(16)28/h4-10,13H,11-12H2,1-3H3,(H,29,30,31). The van der Waals surface area contributed by atoms with Crippen LogP contribution in [0.25, 0.3) is 22.3 Å². The molecule has 0 saturated heterocycles. The molecule has 1 amide bonds. The van der Waals surface area contributed by atoms with Crippen molar-refractivity contribution in [3.05, 3.63) is 73.3 Å².